The molecule has 19 atom stereocenters. The Labute approximate surface area is 872 Å². The Morgan fingerprint density at radius 3 is 1.25 bits per heavy atom. The minimum absolute atomic E-state index is 0.0202. The first kappa shape index (κ1) is 105. The van der Waals surface area contributed by atoms with Crippen molar-refractivity contribution in [2.75, 3.05) is 166 Å². The number of fused-ring (bicyclic) bond motifs is 15. The second-order valence-electron chi connectivity index (χ2n) is 46.2. The zero-order chi connectivity index (χ0) is 101. The first-order valence-electron chi connectivity index (χ1n) is 54.1. The van der Waals surface area contributed by atoms with E-state index in [2.05, 4.69) is 85.3 Å². The van der Waals surface area contributed by atoms with Crippen LogP contribution in [0.2, 0.25) is 15.1 Å². The maximum absolute atomic E-state index is 13.6. The second kappa shape index (κ2) is 43.0. The number of β-amino-alcohol motifs (C(OH)–C–C–N with tert-alkyl or cyclic N) is 1. The van der Waals surface area contributed by atoms with E-state index in [-0.39, 0.29) is 74.6 Å². The van der Waals surface area contributed by atoms with Crippen LogP contribution in [0.4, 0.5) is 17.1 Å². The molecule has 3 amide bonds. The fourth-order valence-corrected chi connectivity index (χ4v) is 32.0. The van der Waals surface area contributed by atoms with Gasteiger partial charge in [-0.05, 0) is 327 Å². The number of ether oxygens (including phenoxy) is 6. The Morgan fingerprint density at radius 2 is 0.828 bits per heavy atom. The fourth-order valence-electron chi connectivity index (χ4n) is 27.5. The third-order valence-corrected chi connectivity index (χ3v) is 43.8. The van der Waals surface area contributed by atoms with Crippen molar-refractivity contribution in [2.45, 2.75) is 251 Å². The van der Waals surface area contributed by atoms with Gasteiger partial charge in [0.2, 0.25) is 30.1 Å². The van der Waals surface area contributed by atoms with Gasteiger partial charge in [-0.15, -0.1) is 0 Å². The summed E-state index contributed by atoms with van der Waals surface area (Å²) in [7, 11) is -11.7. The Bertz CT molecular complexity index is 6140. The molecule has 0 aromatic heterocycles. The van der Waals surface area contributed by atoms with Crippen LogP contribution in [0.15, 0.2) is 109 Å². The molecule has 788 valence electrons. The Hall–Kier alpha value is -7.40. The van der Waals surface area contributed by atoms with Crippen molar-refractivity contribution in [2.24, 2.45) is 53.3 Å². The second-order valence-corrected chi connectivity index (χ2v) is 53.7. The molecule has 11 heterocycles. The van der Waals surface area contributed by atoms with Crippen molar-refractivity contribution >= 4 is 105 Å². The van der Waals surface area contributed by atoms with E-state index in [1.54, 1.807) is 51.1 Å². The lowest BCUT2D eigenvalue weighted by molar-refractivity contribution is -0.128. The number of hydrogen-bond donors (Lipinski definition) is 5. The van der Waals surface area contributed by atoms with E-state index in [0.29, 0.717) is 131 Å². The van der Waals surface area contributed by atoms with Crippen LogP contribution in [0.3, 0.4) is 0 Å². The predicted octanol–water partition coefficient (Wildman–Crippen LogP) is 15.7. The summed E-state index contributed by atoms with van der Waals surface area (Å²) in [5, 5.41) is 16.3. The van der Waals surface area contributed by atoms with Crippen molar-refractivity contribution in [1.82, 2.24) is 34.2 Å². The maximum Gasteiger partial charge on any atom is 0.264 e. The molecule has 33 heteroatoms. The van der Waals surface area contributed by atoms with Crippen LogP contribution >= 0.6 is 34.8 Å². The summed E-state index contributed by atoms with van der Waals surface area (Å²) in [5.74, 6) is 1.70. The summed E-state index contributed by atoms with van der Waals surface area (Å²) >= 11 is 19.3. The van der Waals surface area contributed by atoms with Gasteiger partial charge in [-0.3, -0.25) is 33.9 Å². The fraction of sp³-hybridized carbons (Fsp3) is 0.643. The number of piperazine rings is 2. The van der Waals surface area contributed by atoms with E-state index in [4.69, 9.17) is 63.2 Å². The number of aliphatic hydroxyl groups is 1. The SMILES string of the molecule is C1CN2CCOC[C@@H]2CN1.C[C@@H]1[C@@H](C)CCCC(=O)[C@@H]2CC[C@H]2CN2C[C@@]3(CCCc4cc(Cl)ccc43)COc3ccc(cc32)C(=O)NS1(=O)=O.C[C@@H]1[C@@H](C)CCCC2(CO2)[C@@H]2CC[C@H]2CN2C[C@@]3(CCCc4cc(Cl)ccc43)COc3ccc(cc32)C(=O)NS1(=O)=O.C[C@@H]1[C@@H](C)CCC[C@@](O)(CN2CCN3CCOC[C@@H]3C2)[C@@H]2CC[C@H]2CN2C[C@@]3(CCCc4cc(Cl)ccc43)COc3ccc(cc32)C(=O)NS1(=O)=O. The van der Waals surface area contributed by atoms with Crippen molar-refractivity contribution < 1.29 is 78.0 Å². The smallest absolute Gasteiger partial charge is 0.264 e. The molecule has 145 heavy (non-hydrogen) atoms. The molecule has 11 aliphatic heterocycles. The van der Waals surface area contributed by atoms with Gasteiger partial charge in [0, 0.05) is 171 Å². The van der Waals surface area contributed by atoms with Gasteiger partial charge in [0.05, 0.1) is 96.9 Å². The molecule has 0 radical (unpaired) electrons. The zero-order valence-corrected chi connectivity index (χ0v) is 89.9. The number of carbonyl (C=O) groups excluding carboxylic acids is 4. The number of sulfonamides is 3. The molecule has 23 rings (SSSR count). The molecule has 17 aliphatic rings. The summed E-state index contributed by atoms with van der Waals surface area (Å²) in [6.07, 6.45) is 21.5. The lowest BCUT2D eigenvalue weighted by Crippen LogP contribution is -2.62. The van der Waals surface area contributed by atoms with Crippen LogP contribution < -0.4 is 48.4 Å². The van der Waals surface area contributed by atoms with Crippen LogP contribution in [0.1, 0.15) is 241 Å². The number of epoxide rings is 1. The molecule has 3 saturated carbocycles. The molecule has 6 aliphatic carbocycles. The highest BCUT2D eigenvalue weighted by molar-refractivity contribution is 7.91. The van der Waals surface area contributed by atoms with E-state index < -0.39 is 69.1 Å². The average molecular weight is 2110 g/mol. The Morgan fingerprint density at radius 1 is 0.414 bits per heavy atom. The van der Waals surface area contributed by atoms with Crippen LogP contribution in [0.25, 0.3) is 0 Å². The number of morpholine rings is 2. The van der Waals surface area contributed by atoms with Gasteiger partial charge < -0.3 is 53.5 Å². The first-order chi connectivity index (χ1) is 69.5. The number of halogens is 3. The highest BCUT2D eigenvalue weighted by Gasteiger charge is 2.59. The number of Topliss-reactive ketones (excluding diaryl/α,β-unsaturated/α-hetero) is 1. The standard InChI is InChI=1S/C40H55ClN4O6S.C33H41ClN2O5S.C32H39ClN2O5S.C7H14N2O/c1-27-5-3-14-40(47,25-43-15-16-44-17-18-50-23-33(44)22-43)35-10-7-31(35)21-45-24-39(13-4-6-29-19-32(41)9-11-34(29)39)26-51-37-12-8-30(20-36(37)45)38(46)42-52(48,49)28(27)2;1-21-5-3-14-33(20-41-33)28-10-7-25(28)17-36-18-32(13-4-6-23-15-26(34)9-11-27(23)32)19-40-30-12-8-24(16-29(30)36)31(37)35-42(38,39)22(21)2;1-20-5-3-7-29(36)26-11-8-24(26)17-35-18-32(14-4-6-22-15-25(33)10-12-27(22)32)19-40-30-13-9-23(16-28(30)35)31(37)34-41(38,39)21(20)2;1-2-9-3-4-10-6-7(9)5-8-1/h8-9,11-12,19-20,27-28,31,33,35,47H,3-7,10,13-18,21-26H2,1-2H3,(H,42,46);8-9,11-12,15-16,21-22,25,28H,3-7,10,13-14,17-20H2,1-2H3,(H,35,37);9-10,12-13,15-16,20-21,24,26H,3-8,11,14,17-19H2,1-2H3,(H,34,37);7-8H,1-6H2/t27-,28+,31-,33-,35+,39-,40+;21-,22+,25-,28+,32-,33?;20-,21+,24-,26+,32-;7-/m0000/s1. The topological polar surface area (TPSA) is 317 Å². The molecule has 5 N–H and O–H groups in total. The average Bonchev–Trinajstić information content (AvgIpc) is 1.59. The Kier molecular flexibility index (Phi) is 31.1. The van der Waals surface area contributed by atoms with Gasteiger partial charge in [-0.2, -0.15) is 0 Å². The third kappa shape index (κ3) is 22.1. The molecule has 6 aromatic rings. The van der Waals surface area contributed by atoms with Gasteiger partial charge in [-0.25, -0.2) is 39.4 Å². The number of anilines is 3. The van der Waals surface area contributed by atoms with Gasteiger partial charge in [-0.1, -0.05) is 86.6 Å². The summed E-state index contributed by atoms with van der Waals surface area (Å²) in [4.78, 5) is 68.2. The van der Waals surface area contributed by atoms with Crippen LogP contribution in [-0.2, 0) is 84.6 Å². The molecule has 6 bridgehead atoms. The highest BCUT2D eigenvalue weighted by atomic mass is 35.5. The van der Waals surface area contributed by atoms with Crippen LogP contribution in [0, 0.1) is 53.3 Å². The number of amides is 3. The lowest BCUT2D eigenvalue weighted by atomic mass is 9.62. The monoisotopic (exact) mass is 2110 g/mol. The number of aryl methyl sites for hydroxylation is 3. The third-order valence-electron chi connectivity index (χ3n) is 37.3. The summed E-state index contributed by atoms with van der Waals surface area (Å²) in [6.45, 7) is 29.9. The number of hydrogen-bond acceptors (Lipinski definition) is 24. The van der Waals surface area contributed by atoms with E-state index in [9.17, 15) is 49.5 Å². The van der Waals surface area contributed by atoms with Gasteiger partial charge in [0.1, 0.15) is 23.0 Å². The van der Waals surface area contributed by atoms with Crippen molar-refractivity contribution in [1.29, 1.82) is 0 Å². The van der Waals surface area contributed by atoms with Gasteiger partial charge in [0.15, 0.2) is 0 Å². The molecular formula is C112H149Cl3N10O17S3. The number of ketones is 1. The number of carbonyl (C=O) groups is 4. The largest absolute Gasteiger partial charge is 0.490 e. The van der Waals surface area contributed by atoms with Crippen LogP contribution in [-0.4, -0.2) is 259 Å². The molecule has 5 saturated heterocycles. The lowest BCUT2D eigenvalue weighted by Gasteiger charge is -2.53. The van der Waals surface area contributed by atoms with Crippen molar-refractivity contribution in [3.05, 3.63) is 174 Å². The van der Waals surface area contributed by atoms with Crippen LogP contribution in [0.5, 0.6) is 17.2 Å². The predicted molar refractivity (Wildman–Crippen MR) is 566 cm³/mol. The number of benzene rings is 6. The minimum atomic E-state index is -3.95. The highest BCUT2D eigenvalue weighted by Crippen LogP contribution is 2.57. The molecule has 27 nitrogen and oxygen atoms in total. The zero-order valence-electron chi connectivity index (χ0n) is 85.2. The number of nitrogens with zero attached hydrogens (tertiary/aromatic N) is 6. The maximum atomic E-state index is 13.6. The quantitative estimate of drug-likeness (QED) is 0.101. The summed E-state index contributed by atoms with van der Waals surface area (Å²) < 4.78 is 124. The Balaban J connectivity index is 0.000000127. The van der Waals surface area contributed by atoms with Gasteiger partial charge >= 0.3 is 0 Å². The summed E-state index contributed by atoms with van der Waals surface area (Å²) in [5.41, 5.74) is 9.23. The van der Waals surface area contributed by atoms with E-state index in [0.717, 1.165) is 252 Å². The summed E-state index contributed by atoms with van der Waals surface area (Å²) in [6, 6.07) is 35.5. The molecule has 6 aromatic carbocycles. The first-order valence-corrected chi connectivity index (χ1v) is 59.9. The number of nitrogens with one attached hydrogen (secondary N) is 4. The normalized spacial score (nSPS) is 34.5. The molecule has 1 unspecified atom stereocenters. The number of rotatable bonds is 2. The van der Waals surface area contributed by atoms with E-state index in [1.807, 2.05) is 63.2 Å². The van der Waals surface area contributed by atoms with Gasteiger partial charge in [0.25, 0.3) is 17.7 Å². The minimum Gasteiger partial charge on any atom is -0.490 e. The molecule has 4 spiro atoms. The van der Waals surface area contributed by atoms with Crippen molar-refractivity contribution in [3.8, 4) is 17.2 Å². The van der Waals surface area contributed by atoms with Crippen molar-refractivity contribution in [3.63, 3.8) is 0 Å². The molecule has 8 fully saturated rings. The van der Waals surface area contributed by atoms with E-state index >= 15 is 0 Å². The van der Waals surface area contributed by atoms with E-state index in [1.165, 1.54) is 39.9 Å². The molecular weight excluding hydrogens is 1960 g/mol.